The number of Topliss-reactive ketones (excluding diaryl/α,β-unsaturated/α-hetero) is 1. The Morgan fingerprint density at radius 2 is 1.89 bits per heavy atom. The molecule has 19 heavy (non-hydrogen) atoms. The highest BCUT2D eigenvalue weighted by atomic mass is 16.1. The number of rotatable bonds is 2. The molecule has 1 aliphatic carbocycles. The fourth-order valence-corrected chi connectivity index (χ4v) is 2.91. The molecule has 0 aromatic heterocycles. The van der Waals surface area contributed by atoms with Gasteiger partial charge >= 0.3 is 0 Å². The molecule has 0 N–H and O–H groups in total. The summed E-state index contributed by atoms with van der Waals surface area (Å²) in [5.74, 6) is 0.477. The molecular weight excluding hydrogens is 232 g/mol. The lowest BCUT2D eigenvalue weighted by molar-refractivity contribution is 0.0901. The van der Waals surface area contributed by atoms with Crippen molar-refractivity contribution in [3.05, 3.63) is 70.8 Å². The van der Waals surface area contributed by atoms with E-state index in [2.05, 4.69) is 30.3 Å². The fraction of sp³-hybridized carbons (Fsp3) is 0.278. The van der Waals surface area contributed by atoms with Gasteiger partial charge in [-0.05, 0) is 43.4 Å². The number of ketones is 1. The summed E-state index contributed by atoms with van der Waals surface area (Å²) >= 11 is 0. The summed E-state index contributed by atoms with van der Waals surface area (Å²) in [5.41, 5.74) is 4.61. The third-order valence-corrected chi connectivity index (χ3v) is 3.99. The molecule has 0 saturated heterocycles. The molecule has 0 bridgehead atoms. The summed E-state index contributed by atoms with van der Waals surface area (Å²) < 4.78 is 0. The Balaban J connectivity index is 1.85. The zero-order chi connectivity index (χ0) is 13.2. The molecule has 1 aliphatic rings. The van der Waals surface area contributed by atoms with Crippen LogP contribution in [0.25, 0.3) is 0 Å². The average molecular weight is 250 g/mol. The number of hydrogen-bond acceptors (Lipinski definition) is 1. The van der Waals surface area contributed by atoms with Gasteiger partial charge in [0.25, 0.3) is 0 Å². The van der Waals surface area contributed by atoms with Crippen LogP contribution in [0.3, 0.4) is 0 Å². The van der Waals surface area contributed by atoms with Gasteiger partial charge in [0.1, 0.15) is 0 Å². The zero-order valence-electron chi connectivity index (χ0n) is 11.2. The molecule has 0 heterocycles. The molecule has 0 saturated carbocycles. The molecule has 0 fully saturated rings. The third kappa shape index (κ3) is 2.46. The molecule has 1 heteroatoms. The summed E-state index contributed by atoms with van der Waals surface area (Å²) in [4.78, 5) is 12.6. The second-order valence-electron chi connectivity index (χ2n) is 5.45. The van der Waals surface area contributed by atoms with Crippen molar-refractivity contribution in [3.63, 3.8) is 0 Å². The third-order valence-electron chi connectivity index (χ3n) is 3.99. The quantitative estimate of drug-likeness (QED) is 0.787. The van der Waals surface area contributed by atoms with Crippen molar-refractivity contribution in [1.82, 2.24) is 0 Å². The van der Waals surface area contributed by atoms with Crippen LogP contribution in [0.5, 0.6) is 0 Å². The maximum Gasteiger partial charge on any atom is 0.166 e. The van der Waals surface area contributed by atoms with Gasteiger partial charge in [0, 0.05) is 11.5 Å². The topological polar surface area (TPSA) is 17.1 Å². The van der Waals surface area contributed by atoms with Gasteiger partial charge in [0.2, 0.25) is 0 Å². The van der Waals surface area contributed by atoms with Crippen LogP contribution in [0.2, 0.25) is 0 Å². The molecule has 0 unspecified atom stereocenters. The zero-order valence-corrected chi connectivity index (χ0v) is 11.2. The average Bonchev–Trinajstić information content (AvgIpc) is 2.44. The highest BCUT2D eigenvalue weighted by Crippen LogP contribution is 2.28. The summed E-state index contributed by atoms with van der Waals surface area (Å²) in [6, 6.07) is 16.6. The molecule has 2 aromatic carbocycles. The first-order valence-electron chi connectivity index (χ1n) is 6.92. The van der Waals surface area contributed by atoms with E-state index < -0.39 is 0 Å². The molecule has 3 rings (SSSR count). The smallest absolute Gasteiger partial charge is 0.166 e. The molecule has 1 nitrogen and oxygen atoms in total. The van der Waals surface area contributed by atoms with Crippen LogP contribution in [0.4, 0.5) is 0 Å². The molecule has 0 spiro atoms. The lowest BCUT2D eigenvalue weighted by Crippen LogP contribution is -2.24. The molecular formula is C18H18O. The van der Waals surface area contributed by atoms with Crippen molar-refractivity contribution in [1.29, 1.82) is 0 Å². The Morgan fingerprint density at radius 3 is 2.68 bits per heavy atom. The Labute approximate surface area is 114 Å². The minimum Gasteiger partial charge on any atom is -0.294 e. The van der Waals surface area contributed by atoms with Gasteiger partial charge in [-0.3, -0.25) is 4.79 Å². The van der Waals surface area contributed by atoms with Gasteiger partial charge in [-0.1, -0.05) is 48.0 Å². The maximum atomic E-state index is 12.6. The summed E-state index contributed by atoms with van der Waals surface area (Å²) in [6.45, 7) is 2.05. The number of carbonyl (C=O) groups excluding carboxylic acids is 1. The maximum absolute atomic E-state index is 12.6. The van der Waals surface area contributed by atoms with Gasteiger partial charge in [-0.15, -0.1) is 0 Å². The van der Waals surface area contributed by atoms with Gasteiger partial charge in [-0.25, -0.2) is 0 Å². The van der Waals surface area contributed by atoms with E-state index in [4.69, 9.17) is 0 Å². The van der Waals surface area contributed by atoms with E-state index in [1.165, 1.54) is 16.7 Å². The fourth-order valence-electron chi connectivity index (χ4n) is 2.91. The molecule has 0 radical (unpaired) electrons. The van der Waals surface area contributed by atoms with E-state index in [1.54, 1.807) is 0 Å². The van der Waals surface area contributed by atoms with E-state index in [9.17, 15) is 4.79 Å². The SMILES string of the molecule is Cc1ccc2c(c1)C(=O)[C@@H](Cc1ccccc1)CC2. The second-order valence-corrected chi connectivity index (χ2v) is 5.45. The number of fused-ring (bicyclic) bond motifs is 1. The van der Waals surface area contributed by atoms with Crippen molar-refractivity contribution in [2.24, 2.45) is 5.92 Å². The van der Waals surface area contributed by atoms with Gasteiger partial charge in [-0.2, -0.15) is 0 Å². The lowest BCUT2D eigenvalue weighted by Gasteiger charge is -2.23. The molecule has 0 amide bonds. The van der Waals surface area contributed by atoms with Crippen LogP contribution in [-0.4, -0.2) is 5.78 Å². The van der Waals surface area contributed by atoms with Crippen LogP contribution in [-0.2, 0) is 12.8 Å². The van der Waals surface area contributed by atoms with Gasteiger partial charge in [0.05, 0.1) is 0 Å². The van der Waals surface area contributed by atoms with E-state index >= 15 is 0 Å². The molecule has 1 atom stereocenters. The van der Waals surface area contributed by atoms with Crippen molar-refractivity contribution in [3.8, 4) is 0 Å². The highest BCUT2D eigenvalue weighted by Gasteiger charge is 2.27. The Kier molecular flexibility index (Phi) is 3.20. The van der Waals surface area contributed by atoms with Crippen LogP contribution in [0.1, 0.15) is 33.5 Å². The number of benzene rings is 2. The van der Waals surface area contributed by atoms with Crippen LogP contribution in [0, 0.1) is 12.8 Å². The largest absolute Gasteiger partial charge is 0.294 e. The predicted octanol–water partition coefficient (Wildman–Crippen LogP) is 3.98. The van der Waals surface area contributed by atoms with E-state index in [1.807, 2.05) is 25.1 Å². The Bertz CT molecular complexity index is 598. The Hall–Kier alpha value is -1.89. The van der Waals surface area contributed by atoms with Crippen molar-refractivity contribution >= 4 is 5.78 Å². The van der Waals surface area contributed by atoms with Crippen molar-refractivity contribution in [2.45, 2.75) is 26.2 Å². The first-order chi connectivity index (χ1) is 9.24. The predicted molar refractivity (Wildman–Crippen MR) is 77.5 cm³/mol. The number of hydrogen-bond donors (Lipinski definition) is 0. The lowest BCUT2D eigenvalue weighted by atomic mass is 9.79. The molecule has 96 valence electrons. The number of aryl methyl sites for hydroxylation is 2. The first kappa shape index (κ1) is 12.2. The Morgan fingerprint density at radius 1 is 1.11 bits per heavy atom. The van der Waals surface area contributed by atoms with Crippen LogP contribution in [0.15, 0.2) is 48.5 Å². The summed E-state index contributed by atoms with van der Waals surface area (Å²) in [6.07, 6.45) is 2.87. The molecule has 0 aliphatic heterocycles. The molecule has 2 aromatic rings. The van der Waals surface area contributed by atoms with E-state index in [0.717, 1.165) is 24.8 Å². The second kappa shape index (κ2) is 5.00. The van der Waals surface area contributed by atoms with Gasteiger partial charge in [0.15, 0.2) is 5.78 Å². The summed E-state index contributed by atoms with van der Waals surface area (Å²) in [5, 5.41) is 0. The minimum atomic E-state index is 0.150. The van der Waals surface area contributed by atoms with Crippen LogP contribution < -0.4 is 0 Å². The van der Waals surface area contributed by atoms with Gasteiger partial charge < -0.3 is 0 Å². The summed E-state index contributed by atoms with van der Waals surface area (Å²) in [7, 11) is 0. The number of carbonyl (C=O) groups is 1. The highest BCUT2D eigenvalue weighted by molar-refractivity contribution is 6.00. The first-order valence-corrected chi connectivity index (χ1v) is 6.92. The normalized spacial score (nSPS) is 18.2. The van der Waals surface area contributed by atoms with E-state index in [0.29, 0.717) is 5.78 Å². The monoisotopic (exact) mass is 250 g/mol. The van der Waals surface area contributed by atoms with E-state index in [-0.39, 0.29) is 5.92 Å². The van der Waals surface area contributed by atoms with Crippen LogP contribution >= 0.6 is 0 Å². The van der Waals surface area contributed by atoms with Crippen molar-refractivity contribution < 1.29 is 4.79 Å². The standard InChI is InChI=1S/C18H18O/c1-13-7-8-15-9-10-16(18(19)17(15)11-13)12-14-5-3-2-4-6-14/h2-8,11,16H,9-10,12H2,1H3/t16-/m1/s1. The minimum absolute atomic E-state index is 0.150. The van der Waals surface area contributed by atoms with Crippen molar-refractivity contribution in [2.75, 3.05) is 0 Å².